The van der Waals surface area contributed by atoms with Crippen molar-refractivity contribution >= 4 is 12.1 Å². The van der Waals surface area contributed by atoms with Gasteiger partial charge in [0.15, 0.2) is 0 Å². The van der Waals surface area contributed by atoms with Gasteiger partial charge in [-0.05, 0) is 54.0 Å². The number of H-pyrrole nitrogens is 1. The molecule has 1 atom stereocenters. The number of fused-ring (bicyclic) bond motifs is 3. The van der Waals surface area contributed by atoms with Gasteiger partial charge in [-0.3, -0.25) is 9.78 Å². The first-order valence-electron chi connectivity index (χ1n) is 15.0. The Labute approximate surface area is 255 Å². The van der Waals surface area contributed by atoms with Gasteiger partial charge in [0, 0.05) is 30.6 Å². The fourth-order valence-electron chi connectivity index (χ4n) is 5.62. The summed E-state index contributed by atoms with van der Waals surface area (Å²) < 4.78 is 12.7. The van der Waals surface area contributed by atoms with E-state index in [9.17, 15) is 19.2 Å². The van der Waals surface area contributed by atoms with Gasteiger partial charge in [-0.1, -0.05) is 85.3 Å². The average Bonchev–Trinajstić information content (AvgIpc) is 3.35. The molecule has 9 nitrogen and oxygen atoms in total. The van der Waals surface area contributed by atoms with E-state index in [1.165, 1.54) is 4.57 Å². The minimum absolute atomic E-state index is 0.0838. The van der Waals surface area contributed by atoms with Gasteiger partial charge in [0.25, 0.3) is 5.56 Å². The quantitative estimate of drug-likeness (QED) is 0.164. The molecule has 3 aromatic carbocycles. The molecule has 0 bridgehead atoms. The number of amides is 1. The van der Waals surface area contributed by atoms with Crippen LogP contribution in [0.2, 0.25) is 0 Å². The summed E-state index contributed by atoms with van der Waals surface area (Å²) in [7, 11) is 0. The van der Waals surface area contributed by atoms with E-state index in [0.717, 1.165) is 47.1 Å². The molecule has 4 aromatic rings. The van der Waals surface area contributed by atoms with Crippen molar-refractivity contribution in [2.24, 2.45) is 0 Å². The third-order valence-corrected chi connectivity index (χ3v) is 7.93. The number of alkyl carbamates (subject to hydrolysis) is 1. The Morgan fingerprint density at radius 3 is 2.18 bits per heavy atom. The summed E-state index contributed by atoms with van der Waals surface area (Å²) in [6.07, 6.45) is 4.20. The lowest BCUT2D eigenvalue weighted by molar-refractivity contribution is -0.146. The molecule has 0 radical (unpaired) electrons. The highest BCUT2D eigenvalue weighted by molar-refractivity contribution is 5.82. The Morgan fingerprint density at radius 1 is 0.841 bits per heavy atom. The van der Waals surface area contributed by atoms with Crippen LogP contribution in [-0.4, -0.2) is 40.9 Å². The van der Waals surface area contributed by atoms with E-state index < -0.39 is 23.8 Å². The van der Waals surface area contributed by atoms with Gasteiger partial charge >= 0.3 is 17.8 Å². The summed E-state index contributed by atoms with van der Waals surface area (Å²) in [6, 6.07) is 24.8. The Morgan fingerprint density at radius 2 is 1.48 bits per heavy atom. The molecule has 1 aromatic heterocycles. The predicted octanol–water partition coefficient (Wildman–Crippen LogP) is 5.10. The molecular weight excluding hydrogens is 558 g/mol. The lowest BCUT2D eigenvalue weighted by Crippen LogP contribution is -2.44. The van der Waals surface area contributed by atoms with Crippen LogP contribution in [0.25, 0.3) is 11.1 Å². The number of esters is 1. The molecule has 1 aliphatic rings. The van der Waals surface area contributed by atoms with Crippen molar-refractivity contribution in [1.29, 1.82) is 0 Å². The Hall–Kier alpha value is -4.92. The van der Waals surface area contributed by atoms with Crippen molar-refractivity contribution < 1.29 is 19.1 Å². The number of nitrogens with zero attached hydrogens (tertiary/aromatic N) is 1. The van der Waals surface area contributed by atoms with Crippen LogP contribution >= 0.6 is 0 Å². The molecule has 1 heterocycles. The highest BCUT2D eigenvalue weighted by Gasteiger charge is 2.30. The first-order valence-corrected chi connectivity index (χ1v) is 15.0. The van der Waals surface area contributed by atoms with Gasteiger partial charge < -0.3 is 19.4 Å². The van der Waals surface area contributed by atoms with E-state index in [1.807, 2.05) is 54.6 Å². The van der Waals surface area contributed by atoms with Crippen LogP contribution in [0.15, 0.2) is 94.6 Å². The summed E-state index contributed by atoms with van der Waals surface area (Å²) in [6.45, 7) is 2.53. The Kier molecular flexibility index (Phi) is 10.1. The zero-order valence-electron chi connectivity index (χ0n) is 24.8. The second-order valence-corrected chi connectivity index (χ2v) is 11.1. The minimum Gasteiger partial charge on any atom is -0.464 e. The third kappa shape index (κ3) is 7.53. The second kappa shape index (κ2) is 14.5. The zero-order chi connectivity index (χ0) is 30.9. The number of unbranched alkanes of at least 4 members (excludes halogenated alkanes) is 3. The molecule has 0 fully saturated rings. The van der Waals surface area contributed by atoms with E-state index in [1.54, 1.807) is 13.1 Å². The highest BCUT2D eigenvalue weighted by Crippen LogP contribution is 2.44. The predicted molar refractivity (Wildman–Crippen MR) is 168 cm³/mol. The van der Waals surface area contributed by atoms with Crippen LogP contribution in [0.3, 0.4) is 0 Å². The first kappa shape index (κ1) is 30.5. The van der Waals surface area contributed by atoms with Crippen molar-refractivity contribution in [3.05, 3.63) is 128 Å². The standard InChI is InChI=1S/C35H37N3O6/c1-24-22-38(34(41)37-32(24)39)19-11-2-3-12-20-43-33(40)31(21-25-13-5-4-6-14-25)36-35(42)44-23-30-28-17-9-7-15-26(28)27-16-8-10-18-29(27)30/h4-10,13-18,22,30-31H,2-3,11-12,19-21,23H2,1H3,(H,36,42)(H,37,39,41)/t31-/m0/s1. The van der Waals surface area contributed by atoms with Gasteiger partial charge in [0.05, 0.1) is 6.61 Å². The van der Waals surface area contributed by atoms with Gasteiger partial charge in [-0.15, -0.1) is 0 Å². The average molecular weight is 596 g/mol. The molecule has 1 amide bonds. The molecule has 228 valence electrons. The maximum Gasteiger partial charge on any atom is 0.407 e. The lowest BCUT2D eigenvalue weighted by atomic mass is 9.98. The molecule has 0 spiro atoms. The fourth-order valence-corrected chi connectivity index (χ4v) is 5.62. The van der Waals surface area contributed by atoms with E-state index in [2.05, 4.69) is 34.6 Å². The smallest absolute Gasteiger partial charge is 0.407 e. The maximum absolute atomic E-state index is 13.1. The number of benzene rings is 3. The summed E-state index contributed by atoms with van der Waals surface area (Å²) >= 11 is 0. The topological polar surface area (TPSA) is 119 Å². The number of hydrogen-bond donors (Lipinski definition) is 2. The van der Waals surface area contributed by atoms with Crippen molar-refractivity contribution in [3.8, 4) is 11.1 Å². The summed E-state index contributed by atoms with van der Waals surface area (Å²) in [4.78, 5) is 51.8. The van der Waals surface area contributed by atoms with Crippen LogP contribution in [-0.2, 0) is 27.2 Å². The van der Waals surface area contributed by atoms with Crippen molar-refractivity contribution in [3.63, 3.8) is 0 Å². The fraction of sp³-hybridized carbons (Fsp3) is 0.314. The maximum atomic E-state index is 13.1. The van der Waals surface area contributed by atoms with Crippen LogP contribution in [0, 0.1) is 6.92 Å². The van der Waals surface area contributed by atoms with Crippen LogP contribution in [0.4, 0.5) is 4.79 Å². The number of aryl methyl sites for hydroxylation is 2. The normalized spacial score (nSPS) is 12.7. The number of carbonyl (C=O) groups excluding carboxylic acids is 2. The lowest BCUT2D eigenvalue weighted by Gasteiger charge is -2.19. The molecular formula is C35H37N3O6. The molecule has 0 unspecified atom stereocenters. The summed E-state index contributed by atoms with van der Waals surface area (Å²) in [5.41, 5.74) is 5.11. The molecule has 0 saturated heterocycles. The molecule has 5 rings (SSSR count). The number of aromatic amines is 1. The number of ether oxygens (including phenoxy) is 2. The van der Waals surface area contributed by atoms with Gasteiger partial charge in [-0.25, -0.2) is 14.4 Å². The second-order valence-electron chi connectivity index (χ2n) is 11.1. The Bertz CT molecular complexity index is 1670. The zero-order valence-corrected chi connectivity index (χ0v) is 24.8. The van der Waals surface area contributed by atoms with Crippen LogP contribution < -0.4 is 16.6 Å². The number of aromatic nitrogens is 2. The molecule has 44 heavy (non-hydrogen) atoms. The van der Waals surface area contributed by atoms with Crippen LogP contribution in [0.5, 0.6) is 0 Å². The van der Waals surface area contributed by atoms with E-state index >= 15 is 0 Å². The van der Waals surface area contributed by atoms with Gasteiger partial charge in [-0.2, -0.15) is 0 Å². The molecule has 2 N–H and O–H groups in total. The van der Waals surface area contributed by atoms with E-state index in [-0.39, 0.29) is 31.1 Å². The molecule has 9 heteroatoms. The largest absolute Gasteiger partial charge is 0.464 e. The number of hydrogen-bond acceptors (Lipinski definition) is 6. The number of nitrogens with one attached hydrogen (secondary N) is 2. The van der Waals surface area contributed by atoms with Gasteiger partial charge in [0.2, 0.25) is 0 Å². The number of carbonyl (C=O) groups is 2. The van der Waals surface area contributed by atoms with Crippen molar-refractivity contribution in [2.75, 3.05) is 13.2 Å². The van der Waals surface area contributed by atoms with Gasteiger partial charge in [0.1, 0.15) is 12.6 Å². The first-order chi connectivity index (χ1) is 21.4. The SMILES string of the molecule is Cc1cn(CCCCCCOC(=O)[C@H](Cc2ccccc2)NC(=O)OCC2c3ccccc3-c3ccccc32)c(=O)[nH]c1=O. The van der Waals surface area contributed by atoms with Crippen molar-refractivity contribution in [1.82, 2.24) is 14.9 Å². The van der Waals surface area contributed by atoms with Crippen LogP contribution in [0.1, 0.15) is 53.9 Å². The Balaban J connectivity index is 1.11. The summed E-state index contributed by atoms with van der Waals surface area (Å²) in [5, 5.41) is 2.74. The van der Waals surface area contributed by atoms with Crippen molar-refractivity contribution in [2.45, 2.75) is 57.5 Å². The molecule has 1 aliphatic carbocycles. The summed E-state index contributed by atoms with van der Waals surface area (Å²) in [5.74, 6) is -0.600. The molecule has 0 saturated carbocycles. The third-order valence-electron chi connectivity index (χ3n) is 7.93. The molecule has 0 aliphatic heterocycles. The minimum atomic E-state index is -0.900. The highest BCUT2D eigenvalue weighted by atomic mass is 16.6. The monoisotopic (exact) mass is 595 g/mol. The van der Waals surface area contributed by atoms with E-state index in [0.29, 0.717) is 18.5 Å². The number of rotatable bonds is 13. The van der Waals surface area contributed by atoms with E-state index in [4.69, 9.17) is 9.47 Å².